The summed E-state index contributed by atoms with van der Waals surface area (Å²) in [7, 11) is -2.61. The molecule has 1 aliphatic rings. The molecular formula is C38H28N2OSi. The van der Waals surface area contributed by atoms with Crippen LogP contribution in [-0.4, -0.2) is 17.6 Å². The molecule has 0 N–H and O–H groups in total. The van der Waals surface area contributed by atoms with Crippen LogP contribution in [0.4, 0.5) is 0 Å². The van der Waals surface area contributed by atoms with E-state index >= 15 is 0 Å². The Hall–Kier alpha value is -5.19. The second-order valence-electron chi connectivity index (χ2n) is 10.8. The minimum Gasteiger partial charge on any atom is -0.459 e. The summed E-state index contributed by atoms with van der Waals surface area (Å²) in [6.07, 6.45) is 0. The Kier molecular flexibility index (Phi) is 5.87. The monoisotopic (exact) mass is 556 g/mol. The SMILES string of the molecule is c1ccc([Si](c2ccccc2)(c2ccccc2)c2cccc(-c3ccc4nc5n(c4c3)-c3ccccc3CO5)c2)cc1. The van der Waals surface area contributed by atoms with Crippen LogP contribution in [0.5, 0.6) is 6.01 Å². The van der Waals surface area contributed by atoms with E-state index in [0.717, 1.165) is 22.3 Å². The van der Waals surface area contributed by atoms with Gasteiger partial charge in [-0.25, -0.2) is 0 Å². The van der Waals surface area contributed by atoms with E-state index in [2.05, 4.69) is 162 Å². The highest BCUT2D eigenvalue weighted by molar-refractivity contribution is 7.19. The average molecular weight is 557 g/mol. The van der Waals surface area contributed by atoms with Gasteiger partial charge in [-0.05, 0) is 50.1 Å². The van der Waals surface area contributed by atoms with E-state index in [9.17, 15) is 0 Å². The fourth-order valence-corrected chi connectivity index (χ4v) is 11.3. The van der Waals surface area contributed by atoms with E-state index < -0.39 is 8.07 Å². The van der Waals surface area contributed by atoms with Crippen LogP contribution in [0.15, 0.2) is 158 Å². The molecule has 42 heavy (non-hydrogen) atoms. The Balaban J connectivity index is 1.35. The third-order valence-corrected chi connectivity index (χ3v) is 13.2. The minimum atomic E-state index is -2.61. The Morgan fingerprint density at radius 2 is 1.10 bits per heavy atom. The summed E-state index contributed by atoms with van der Waals surface area (Å²) in [5.41, 5.74) is 6.64. The predicted octanol–water partition coefficient (Wildman–Crippen LogP) is 5.96. The topological polar surface area (TPSA) is 27.1 Å². The molecule has 0 unspecified atom stereocenters. The number of hydrogen-bond acceptors (Lipinski definition) is 2. The van der Waals surface area contributed by atoms with E-state index in [1.54, 1.807) is 0 Å². The van der Waals surface area contributed by atoms with Crippen LogP contribution in [0.2, 0.25) is 0 Å². The molecule has 8 rings (SSSR count). The summed E-state index contributed by atoms with van der Waals surface area (Å²) in [6.45, 7) is 0.541. The molecule has 0 saturated carbocycles. The summed E-state index contributed by atoms with van der Waals surface area (Å²) in [6, 6.07) is 58.0. The number of rotatable bonds is 5. The molecule has 1 aliphatic heterocycles. The van der Waals surface area contributed by atoms with Crippen molar-refractivity contribution in [1.29, 1.82) is 0 Å². The van der Waals surface area contributed by atoms with Gasteiger partial charge in [0.05, 0.1) is 16.7 Å². The molecule has 200 valence electrons. The molecule has 1 aromatic heterocycles. The summed E-state index contributed by atoms with van der Waals surface area (Å²) in [4.78, 5) is 4.81. The van der Waals surface area contributed by atoms with Crippen LogP contribution >= 0.6 is 0 Å². The van der Waals surface area contributed by atoms with E-state index in [1.165, 1.54) is 31.9 Å². The van der Waals surface area contributed by atoms with Gasteiger partial charge in [-0.1, -0.05) is 140 Å². The molecule has 0 amide bonds. The molecule has 0 fully saturated rings. The van der Waals surface area contributed by atoms with E-state index in [-0.39, 0.29) is 0 Å². The molecule has 0 aliphatic carbocycles. The molecule has 0 saturated heterocycles. The number of benzene rings is 6. The highest BCUT2D eigenvalue weighted by atomic mass is 28.3. The lowest BCUT2D eigenvalue weighted by molar-refractivity contribution is 0.265. The zero-order valence-electron chi connectivity index (χ0n) is 23.0. The number of hydrogen-bond donors (Lipinski definition) is 0. The lowest BCUT2D eigenvalue weighted by Crippen LogP contribution is -2.74. The summed E-state index contributed by atoms with van der Waals surface area (Å²) >= 11 is 0. The number of fused-ring (bicyclic) bond motifs is 5. The molecular weight excluding hydrogens is 529 g/mol. The van der Waals surface area contributed by atoms with Gasteiger partial charge in [0, 0.05) is 5.56 Å². The maximum absolute atomic E-state index is 6.05. The second kappa shape index (κ2) is 10.0. The minimum absolute atomic E-state index is 0.541. The van der Waals surface area contributed by atoms with Crippen molar-refractivity contribution in [1.82, 2.24) is 9.55 Å². The fourth-order valence-electron chi connectivity index (χ4n) is 6.55. The number of para-hydroxylation sites is 1. The van der Waals surface area contributed by atoms with Gasteiger partial charge in [-0.2, -0.15) is 4.98 Å². The maximum Gasteiger partial charge on any atom is 0.302 e. The molecule has 4 heteroatoms. The van der Waals surface area contributed by atoms with Crippen LogP contribution in [-0.2, 0) is 6.61 Å². The van der Waals surface area contributed by atoms with Crippen LogP contribution < -0.4 is 25.5 Å². The summed E-state index contributed by atoms with van der Waals surface area (Å²) in [5.74, 6) is 0. The normalized spacial score (nSPS) is 12.4. The highest BCUT2D eigenvalue weighted by Gasteiger charge is 2.41. The highest BCUT2D eigenvalue weighted by Crippen LogP contribution is 2.34. The Bertz CT molecular complexity index is 1940. The van der Waals surface area contributed by atoms with Crippen molar-refractivity contribution < 1.29 is 4.74 Å². The smallest absolute Gasteiger partial charge is 0.302 e. The van der Waals surface area contributed by atoms with Gasteiger partial charge in [0.2, 0.25) is 0 Å². The zero-order chi connectivity index (χ0) is 27.9. The molecule has 7 aromatic rings. The van der Waals surface area contributed by atoms with Crippen LogP contribution in [0.25, 0.3) is 27.8 Å². The molecule has 6 aromatic carbocycles. The lowest BCUT2D eigenvalue weighted by atomic mass is 10.0. The predicted molar refractivity (Wildman–Crippen MR) is 174 cm³/mol. The van der Waals surface area contributed by atoms with Gasteiger partial charge < -0.3 is 4.74 Å². The van der Waals surface area contributed by atoms with Crippen molar-refractivity contribution in [2.75, 3.05) is 0 Å². The van der Waals surface area contributed by atoms with Gasteiger partial charge in [0.1, 0.15) is 6.61 Å². The van der Waals surface area contributed by atoms with Gasteiger partial charge in [-0.15, -0.1) is 0 Å². The first-order chi connectivity index (χ1) is 20.8. The van der Waals surface area contributed by atoms with Crippen molar-refractivity contribution in [2.24, 2.45) is 0 Å². The van der Waals surface area contributed by atoms with Crippen molar-refractivity contribution in [3.05, 3.63) is 163 Å². The van der Waals surface area contributed by atoms with Gasteiger partial charge in [-0.3, -0.25) is 4.57 Å². The number of nitrogens with zero attached hydrogens (tertiary/aromatic N) is 2. The van der Waals surface area contributed by atoms with Crippen molar-refractivity contribution in [3.63, 3.8) is 0 Å². The zero-order valence-corrected chi connectivity index (χ0v) is 24.0. The van der Waals surface area contributed by atoms with Crippen molar-refractivity contribution in [3.8, 4) is 22.8 Å². The Morgan fingerprint density at radius 3 is 1.76 bits per heavy atom. The number of ether oxygens (including phenoxy) is 1. The van der Waals surface area contributed by atoms with E-state index in [0.29, 0.717) is 12.6 Å². The standard InChI is InChI=1S/C38H28N2OSi/c1-4-15-31(16-5-1)42(32-17-6-2-7-18-32,33-19-8-3-9-20-33)34-21-12-14-28(25-34)29-23-24-35-37(26-29)40-36-22-11-10-13-30(36)27-41-38(40)39-35/h1-26H,27H2. The largest absolute Gasteiger partial charge is 0.459 e. The first kappa shape index (κ1) is 24.6. The average Bonchev–Trinajstić information content (AvgIpc) is 3.45. The lowest BCUT2D eigenvalue weighted by Gasteiger charge is -2.34. The number of aromatic nitrogens is 2. The second-order valence-corrected chi connectivity index (χ2v) is 14.6. The molecule has 0 atom stereocenters. The third kappa shape index (κ3) is 3.84. The van der Waals surface area contributed by atoms with Crippen LogP contribution in [0, 0.1) is 0 Å². The van der Waals surface area contributed by atoms with E-state index in [1.807, 2.05) is 0 Å². The Labute approximate surface area is 246 Å². The molecule has 2 heterocycles. The number of imidazole rings is 1. The van der Waals surface area contributed by atoms with Gasteiger partial charge in [0.15, 0.2) is 8.07 Å². The fraction of sp³-hybridized carbons (Fsp3) is 0.0263. The third-order valence-electron chi connectivity index (χ3n) is 8.46. The maximum atomic E-state index is 6.05. The van der Waals surface area contributed by atoms with Crippen LogP contribution in [0.3, 0.4) is 0 Å². The first-order valence-corrected chi connectivity index (χ1v) is 16.3. The molecule has 3 nitrogen and oxygen atoms in total. The summed E-state index contributed by atoms with van der Waals surface area (Å²) in [5, 5.41) is 5.46. The van der Waals surface area contributed by atoms with Gasteiger partial charge >= 0.3 is 6.01 Å². The van der Waals surface area contributed by atoms with E-state index in [4.69, 9.17) is 9.72 Å². The van der Waals surface area contributed by atoms with Crippen LogP contribution in [0.1, 0.15) is 5.56 Å². The quantitative estimate of drug-likeness (QED) is 0.193. The first-order valence-electron chi connectivity index (χ1n) is 14.3. The molecule has 0 radical (unpaired) electrons. The summed E-state index contributed by atoms with van der Waals surface area (Å²) < 4.78 is 8.20. The molecule has 0 spiro atoms. The van der Waals surface area contributed by atoms with Gasteiger partial charge in [0.25, 0.3) is 0 Å². The van der Waals surface area contributed by atoms with Crippen molar-refractivity contribution >= 4 is 39.9 Å². The van der Waals surface area contributed by atoms with Crippen molar-refractivity contribution in [2.45, 2.75) is 6.61 Å². The Morgan fingerprint density at radius 1 is 0.524 bits per heavy atom. The molecule has 0 bridgehead atoms.